The Hall–Kier alpha value is -2.53. The van der Waals surface area contributed by atoms with Gasteiger partial charge in [-0.2, -0.15) is 0 Å². The summed E-state index contributed by atoms with van der Waals surface area (Å²) in [6, 6.07) is 12.6. The molecule has 124 valence electrons. The molecule has 2 aromatic rings. The summed E-state index contributed by atoms with van der Waals surface area (Å²) in [5, 5.41) is 3.34. The molecule has 0 bridgehead atoms. The third kappa shape index (κ3) is 3.68. The van der Waals surface area contributed by atoms with Gasteiger partial charge in [0.2, 0.25) is 5.91 Å². The summed E-state index contributed by atoms with van der Waals surface area (Å²) >= 11 is 5.90. The number of anilines is 2. The molecule has 0 spiro atoms. The van der Waals surface area contributed by atoms with E-state index in [1.165, 1.54) is 0 Å². The van der Waals surface area contributed by atoms with Crippen LogP contribution >= 0.6 is 11.6 Å². The van der Waals surface area contributed by atoms with Crippen molar-refractivity contribution in [2.45, 2.75) is 13.3 Å². The number of nitrogens with zero attached hydrogens (tertiary/aromatic N) is 1. The minimum absolute atomic E-state index is 0.00796. The van der Waals surface area contributed by atoms with Crippen LogP contribution in [0.25, 0.3) is 0 Å². The fourth-order valence-corrected chi connectivity index (χ4v) is 2.75. The molecular formula is C18H17ClN2O3. The van der Waals surface area contributed by atoms with Gasteiger partial charge in [-0.1, -0.05) is 23.7 Å². The zero-order valence-corrected chi connectivity index (χ0v) is 14.0. The molecule has 1 aliphatic heterocycles. The Bertz CT molecular complexity index is 792. The fraction of sp³-hybridized carbons (Fsp3) is 0.222. The Morgan fingerprint density at radius 2 is 2.12 bits per heavy atom. The maximum absolute atomic E-state index is 12.1. The van der Waals surface area contributed by atoms with Gasteiger partial charge in [-0.05, 0) is 42.8 Å². The minimum atomic E-state index is -0.175. The third-order valence-electron chi connectivity index (χ3n) is 3.73. The molecular weight excluding hydrogens is 328 g/mol. The number of fused-ring (bicyclic) bond motifs is 1. The van der Waals surface area contributed by atoms with Crippen LogP contribution < -0.4 is 15.0 Å². The van der Waals surface area contributed by atoms with E-state index in [2.05, 4.69) is 5.32 Å². The van der Waals surface area contributed by atoms with E-state index in [-0.39, 0.29) is 24.8 Å². The van der Waals surface area contributed by atoms with Crippen LogP contribution in [0.5, 0.6) is 5.75 Å². The van der Waals surface area contributed by atoms with Crippen molar-refractivity contribution < 1.29 is 14.3 Å². The Morgan fingerprint density at radius 3 is 2.92 bits per heavy atom. The van der Waals surface area contributed by atoms with Gasteiger partial charge in [0.1, 0.15) is 5.75 Å². The van der Waals surface area contributed by atoms with Crippen molar-refractivity contribution >= 4 is 34.8 Å². The van der Waals surface area contributed by atoms with E-state index in [1.807, 2.05) is 25.1 Å². The number of nitrogens with one attached hydrogen (secondary N) is 1. The first-order valence-electron chi connectivity index (χ1n) is 7.62. The van der Waals surface area contributed by atoms with Crippen molar-refractivity contribution in [3.8, 4) is 5.75 Å². The smallest absolute Gasteiger partial charge is 0.265 e. The number of hydrogen-bond donors (Lipinski definition) is 1. The second kappa shape index (κ2) is 6.93. The molecule has 1 N–H and O–H groups in total. The number of aryl methyl sites for hydroxylation is 1. The molecule has 0 radical (unpaired) electrons. The topological polar surface area (TPSA) is 58.6 Å². The van der Waals surface area contributed by atoms with Crippen LogP contribution in [0.3, 0.4) is 0 Å². The number of carbonyl (C=O) groups is 2. The molecule has 0 saturated carbocycles. The molecule has 6 heteroatoms. The summed E-state index contributed by atoms with van der Waals surface area (Å²) in [7, 11) is 0. The number of rotatable bonds is 4. The second-order valence-corrected chi connectivity index (χ2v) is 6.05. The molecule has 0 unspecified atom stereocenters. The standard InChI is InChI=1S/C18H17ClN2O3/c1-12-5-6-16-15(9-12)21(18(23)11-24-16)8-7-17(22)20-14-4-2-3-13(19)10-14/h2-6,9-10H,7-8,11H2,1H3,(H,20,22). The highest BCUT2D eigenvalue weighted by Crippen LogP contribution is 2.32. The number of ether oxygens (including phenoxy) is 1. The van der Waals surface area contributed by atoms with Gasteiger partial charge in [0.15, 0.2) is 6.61 Å². The lowest BCUT2D eigenvalue weighted by Gasteiger charge is -2.29. The van der Waals surface area contributed by atoms with Gasteiger partial charge in [0.25, 0.3) is 5.91 Å². The predicted octanol–water partition coefficient (Wildman–Crippen LogP) is 3.40. The Balaban J connectivity index is 1.67. The van der Waals surface area contributed by atoms with Crippen molar-refractivity contribution in [2.24, 2.45) is 0 Å². The maximum atomic E-state index is 12.1. The second-order valence-electron chi connectivity index (χ2n) is 5.61. The zero-order chi connectivity index (χ0) is 17.1. The van der Waals surface area contributed by atoms with E-state index in [1.54, 1.807) is 29.2 Å². The molecule has 3 rings (SSSR count). The molecule has 2 aromatic carbocycles. The molecule has 0 aliphatic carbocycles. The first kappa shape index (κ1) is 16.3. The molecule has 0 saturated heterocycles. The van der Waals surface area contributed by atoms with E-state index < -0.39 is 0 Å². The van der Waals surface area contributed by atoms with Gasteiger partial charge in [-0.25, -0.2) is 0 Å². The molecule has 0 aromatic heterocycles. The van der Waals surface area contributed by atoms with E-state index >= 15 is 0 Å². The van der Waals surface area contributed by atoms with Gasteiger partial charge in [-0.15, -0.1) is 0 Å². The SMILES string of the molecule is Cc1ccc2c(c1)N(CCC(=O)Nc1cccc(Cl)c1)C(=O)CO2. The number of benzene rings is 2. The largest absolute Gasteiger partial charge is 0.482 e. The minimum Gasteiger partial charge on any atom is -0.482 e. The number of hydrogen-bond acceptors (Lipinski definition) is 3. The molecule has 24 heavy (non-hydrogen) atoms. The highest BCUT2D eigenvalue weighted by atomic mass is 35.5. The summed E-state index contributed by atoms with van der Waals surface area (Å²) < 4.78 is 5.43. The van der Waals surface area contributed by atoms with Crippen molar-refractivity contribution in [3.05, 3.63) is 53.1 Å². The van der Waals surface area contributed by atoms with E-state index in [9.17, 15) is 9.59 Å². The summed E-state index contributed by atoms with van der Waals surface area (Å²) in [5.74, 6) is 0.338. The van der Waals surface area contributed by atoms with Crippen molar-refractivity contribution in [3.63, 3.8) is 0 Å². The molecule has 1 aliphatic rings. The summed E-state index contributed by atoms with van der Waals surface area (Å²) in [6.45, 7) is 2.24. The Morgan fingerprint density at radius 1 is 1.29 bits per heavy atom. The lowest BCUT2D eigenvalue weighted by Crippen LogP contribution is -2.40. The quantitative estimate of drug-likeness (QED) is 0.924. The third-order valence-corrected chi connectivity index (χ3v) is 3.96. The monoisotopic (exact) mass is 344 g/mol. The fourth-order valence-electron chi connectivity index (χ4n) is 2.56. The molecule has 1 heterocycles. The van der Waals surface area contributed by atoms with Crippen molar-refractivity contribution in [1.29, 1.82) is 0 Å². The average Bonchev–Trinajstić information content (AvgIpc) is 2.54. The van der Waals surface area contributed by atoms with Crippen LogP contribution in [-0.4, -0.2) is 25.0 Å². The van der Waals surface area contributed by atoms with Crippen LogP contribution in [0.15, 0.2) is 42.5 Å². The summed E-state index contributed by atoms with van der Waals surface area (Å²) in [5.41, 5.74) is 2.37. The molecule has 0 fully saturated rings. The van der Waals surface area contributed by atoms with Crippen LogP contribution in [0.2, 0.25) is 5.02 Å². The van der Waals surface area contributed by atoms with Gasteiger partial charge < -0.3 is 15.0 Å². The van der Waals surface area contributed by atoms with Crippen LogP contribution in [0.1, 0.15) is 12.0 Å². The van der Waals surface area contributed by atoms with E-state index in [0.717, 1.165) is 5.56 Å². The number of carbonyl (C=O) groups excluding carboxylic acids is 2. The van der Waals surface area contributed by atoms with Crippen LogP contribution in [0.4, 0.5) is 11.4 Å². The average molecular weight is 345 g/mol. The van der Waals surface area contributed by atoms with Crippen molar-refractivity contribution in [1.82, 2.24) is 0 Å². The van der Waals surface area contributed by atoms with Crippen molar-refractivity contribution in [2.75, 3.05) is 23.4 Å². The highest BCUT2D eigenvalue weighted by Gasteiger charge is 2.25. The lowest BCUT2D eigenvalue weighted by molar-refractivity contribution is -0.121. The number of halogens is 1. The number of amides is 2. The van der Waals surface area contributed by atoms with E-state index in [0.29, 0.717) is 28.7 Å². The maximum Gasteiger partial charge on any atom is 0.265 e. The lowest BCUT2D eigenvalue weighted by atomic mass is 10.1. The first-order chi connectivity index (χ1) is 11.5. The van der Waals surface area contributed by atoms with Crippen LogP contribution in [0, 0.1) is 6.92 Å². The highest BCUT2D eigenvalue weighted by molar-refractivity contribution is 6.30. The van der Waals surface area contributed by atoms with Gasteiger partial charge in [-0.3, -0.25) is 9.59 Å². The summed E-state index contributed by atoms with van der Waals surface area (Å²) in [4.78, 5) is 25.9. The molecule has 5 nitrogen and oxygen atoms in total. The predicted molar refractivity (Wildman–Crippen MR) is 93.7 cm³/mol. The molecule has 2 amide bonds. The van der Waals surface area contributed by atoms with Gasteiger partial charge in [0.05, 0.1) is 5.69 Å². The van der Waals surface area contributed by atoms with Crippen LogP contribution in [-0.2, 0) is 9.59 Å². The normalized spacial score (nSPS) is 13.2. The van der Waals surface area contributed by atoms with Gasteiger partial charge in [0, 0.05) is 23.7 Å². The first-order valence-corrected chi connectivity index (χ1v) is 8.00. The molecule has 0 atom stereocenters. The zero-order valence-electron chi connectivity index (χ0n) is 13.2. The summed E-state index contributed by atoms with van der Waals surface area (Å²) in [6.07, 6.45) is 0.186. The Labute approximate surface area is 145 Å². The van der Waals surface area contributed by atoms with Gasteiger partial charge >= 0.3 is 0 Å². The Kier molecular flexibility index (Phi) is 4.71. The van der Waals surface area contributed by atoms with E-state index in [4.69, 9.17) is 16.3 Å².